The van der Waals surface area contributed by atoms with Gasteiger partial charge in [-0.1, -0.05) is 19.9 Å². The van der Waals surface area contributed by atoms with Crippen molar-refractivity contribution in [2.45, 2.75) is 45.6 Å². The predicted octanol–water partition coefficient (Wildman–Crippen LogP) is 3.08. The first-order valence-electron chi connectivity index (χ1n) is 7.77. The maximum absolute atomic E-state index is 12.6. The number of hydrogen-bond donors (Lipinski definition) is 1. The summed E-state index contributed by atoms with van der Waals surface area (Å²) >= 11 is 0. The highest BCUT2D eigenvalue weighted by Gasteiger charge is 2.42. The number of anilines is 1. The smallest absolute Gasteiger partial charge is 0.263 e. The molecule has 1 heterocycles. The zero-order valence-corrected chi connectivity index (χ0v) is 12.6. The fourth-order valence-electron chi connectivity index (χ4n) is 3.69. The second-order valence-electron chi connectivity index (χ2n) is 6.56. The molecule has 0 saturated heterocycles. The van der Waals surface area contributed by atoms with Gasteiger partial charge in [-0.05, 0) is 49.7 Å². The van der Waals surface area contributed by atoms with Crippen molar-refractivity contribution in [2.75, 3.05) is 5.73 Å². The molecule has 0 atom stereocenters. The maximum Gasteiger partial charge on any atom is 0.263 e. The summed E-state index contributed by atoms with van der Waals surface area (Å²) in [6.45, 7) is 4.49. The van der Waals surface area contributed by atoms with Crippen molar-refractivity contribution < 1.29 is 9.59 Å². The van der Waals surface area contributed by atoms with Gasteiger partial charge in [-0.2, -0.15) is 0 Å². The predicted molar refractivity (Wildman–Crippen MR) is 81.9 cm³/mol. The summed E-state index contributed by atoms with van der Waals surface area (Å²) in [7, 11) is 0. The van der Waals surface area contributed by atoms with E-state index in [0.717, 1.165) is 25.7 Å². The molecular formula is C17H22N2O2. The number of carbonyl (C=O) groups excluding carboxylic acids is 2. The zero-order chi connectivity index (χ0) is 15.1. The van der Waals surface area contributed by atoms with Gasteiger partial charge in [0.1, 0.15) is 0 Å². The van der Waals surface area contributed by atoms with Gasteiger partial charge < -0.3 is 5.73 Å². The molecule has 1 aliphatic carbocycles. The van der Waals surface area contributed by atoms with Crippen molar-refractivity contribution in [3.05, 3.63) is 29.3 Å². The molecule has 0 radical (unpaired) electrons. The third-order valence-electron chi connectivity index (χ3n) is 5.03. The lowest BCUT2D eigenvalue weighted by Gasteiger charge is -2.35. The van der Waals surface area contributed by atoms with Gasteiger partial charge >= 0.3 is 0 Å². The highest BCUT2D eigenvalue weighted by Crippen LogP contribution is 2.36. The average Bonchev–Trinajstić information content (AvgIpc) is 2.72. The Bertz CT molecular complexity index is 586. The molecule has 112 valence electrons. The van der Waals surface area contributed by atoms with Crippen LogP contribution in [0.1, 0.15) is 60.2 Å². The van der Waals surface area contributed by atoms with Gasteiger partial charge in [0.05, 0.1) is 11.1 Å². The summed E-state index contributed by atoms with van der Waals surface area (Å²) in [4.78, 5) is 26.5. The summed E-state index contributed by atoms with van der Waals surface area (Å²) < 4.78 is 0. The molecule has 0 unspecified atom stereocenters. The Morgan fingerprint density at radius 2 is 1.76 bits per heavy atom. The lowest BCUT2D eigenvalue weighted by Crippen LogP contribution is -2.42. The molecule has 4 heteroatoms. The Kier molecular flexibility index (Phi) is 3.47. The number of carbonyl (C=O) groups is 2. The number of hydrogen-bond acceptors (Lipinski definition) is 3. The van der Waals surface area contributed by atoms with Crippen LogP contribution in [0.2, 0.25) is 0 Å². The third kappa shape index (κ3) is 2.23. The third-order valence-corrected chi connectivity index (χ3v) is 5.03. The molecule has 0 bridgehead atoms. The van der Waals surface area contributed by atoms with E-state index in [1.165, 1.54) is 4.90 Å². The Morgan fingerprint density at radius 1 is 1.10 bits per heavy atom. The number of imide groups is 1. The maximum atomic E-state index is 12.6. The summed E-state index contributed by atoms with van der Waals surface area (Å²) in [5.41, 5.74) is 7.15. The van der Waals surface area contributed by atoms with Gasteiger partial charge in [0.2, 0.25) is 0 Å². The largest absolute Gasteiger partial charge is 0.398 e. The van der Waals surface area contributed by atoms with Crippen LogP contribution in [0.3, 0.4) is 0 Å². The van der Waals surface area contributed by atoms with Crippen LogP contribution in [0.4, 0.5) is 5.69 Å². The van der Waals surface area contributed by atoms with E-state index in [2.05, 4.69) is 13.8 Å². The molecule has 0 spiro atoms. The van der Waals surface area contributed by atoms with E-state index in [-0.39, 0.29) is 17.9 Å². The first kappa shape index (κ1) is 14.1. The Hall–Kier alpha value is -1.84. The van der Waals surface area contributed by atoms with E-state index in [4.69, 9.17) is 5.73 Å². The van der Waals surface area contributed by atoms with Gasteiger partial charge in [0, 0.05) is 11.7 Å². The van der Waals surface area contributed by atoms with E-state index in [9.17, 15) is 9.59 Å². The number of nitrogen functional groups attached to an aromatic ring is 1. The summed E-state index contributed by atoms with van der Waals surface area (Å²) in [5.74, 6) is 1.00. The fourth-order valence-corrected chi connectivity index (χ4v) is 3.69. The lowest BCUT2D eigenvalue weighted by atomic mass is 9.79. The van der Waals surface area contributed by atoms with Crippen LogP contribution >= 0.6 is 0 Å². The van der Waals surface area contributed by atoms with Crippen LogP contribution in [0.15, 0.2) is 18.2 Å². The van der Waals surface area contributed by atoms with Crippen LogP contribution in [-0.4, -0.2) is 22.8 Å². The summed E-state index contributed by atoms with van der Waals surface area (Å²) in [6, 6.07) is 5.15. The standard InChI is InChI=1S/C17H22N2O2/c1-10(2)11-6-8-12(9-7-11)19-16(20)13-4-3-5-14(18)15(13)17(19)21/h3-5,10-12H,6-9,18H2,1-2H3. The lowest BCUT2D eigenvalue weighted by molar-refractivity contribution is 0.0519. The number of rotatable bonds is 2. The minimum absolute atomic E-state index is 0.0341. The van der Waals surface area contributed by atoms with Crippen LogP contribution in [0, 0.1) is 11.8 Å². The van der Waals surface area contributed by atoms with Crippen LogP contribution in [0.25, 0.3) is 0 Å². The van der Waals surface area contributed by atoms with Crippen LogP contribution < -0.4 is 5.73 Å². The highest BCUT2D eigenvalue weighted by molar-refractivity contribution is 6.23. The van der Waals surface area contributed by atoms with E-state index in [1.54, 1.807) is 18.2 Å². The average molecular weight is 286 g/mol. The molecule has 2 amide bonds. The number of fused-ring (bicyclic) bond motifs is 1. The minimum Gasteiger partial charge on any atom is -0.398 e. The quantitative estimate of drug-likeness (QED) is 0.671. The van der Waals surface area contributed by atoms with E-state index in [0.29, 0.717) is 28.7 Å². The fraction of sp³-hybridized carbons (Fsp3) is 0.529. The number of amides is 2. The molecule has 1 fully saturated rings. The monoisotopic (exact) mass is 286 g/mol. The number of benzene rings is 1. The molecule has 0 aromatic heterocycles. The van der Waals surface area contributed by atoms with Crippen molar-refractivity contribution in [3.63, 3.8) is 0 Å². The van der Waals surface area contributed by atoms with E-state index >= 15 is 0 Å². The van der Waals surface area contributed by atoms with E-state index < -0.39 is 0 Å². The molecule has 1 saturated carbocycles. The Balaban J connectivity index is 1.82. The van der Waals surface area contributed by atoms with Crippen molar-refractivity contribution in [3.8, 4) is 0 Å². The Labute approximate surface area is 125 Å². The number of nitrogens with two attached hydrogens (primary N) is 1. The van der Waals surface area contributed by atoms with Gasteiger partial charge in [-0.15, -0.1) is 0 Å². The van der Waals surface area contributed by atoms with Gasteiger partial charge in [0.15, 0.2) is 0 Å². The molecule has 3 rings (SSSR count). The number of nitrogens with zero attached hydrogens (tertiary/aromatic N) is 1. The Morgan fingerprint density at radius 3 is 2.33 bits per heavy atom. The SMILES string of the molecule is CC(C)C1CCC(N2C(=O)c3cccc(N)c3C2=O)CC1. The molecule has 21 heavy (non-hydrogen) atoms. The molecule has 1 aromatic rings. The summed E-state index contributed by atoms with van der Waals surface area (Å²) in [6.07, 6.45) is 4.00. The van der Waals surface area contributed by atoms with Crippen molar-refractivity contribution in [2.24, 2.45) is 11.8 Å². The topological polar surface area (TPSA) is 63.4 Å². The normalized spacial score (nSPS) is 25.6. The molecule has 1 aromatic carbocycles. The van der Waals surface area contributed by atoms with Gasteiger partial charge in [-0.25, -0.2) is 0 Å². The van der Waals surface area contributed by atoms with Gasteiger partial charge in [-0.3, -0.25) is 14.5 Å². The highest BCUT2D eigenvalue weighted by atomic mass is 16.2. The molecular weight excluding hydrogens is 264 g/mol. The van der Waals surface area contributed by atoms with Crippen molar-refractivity contribution in [1.29, 1.82) is 0 Å². The minimum atomic E-state index is -0.207. The van der Waals surface area contributed by atoms with Crippen LogP contribution in [0.5, 0.6) is 0 Å². The van der Waals surface area contributed by atoms with Gasteiger partial charge in [0.25, 0.3) is 11.8 Å². The van der Waals surface area contributed by atoms with Crippen LogP contribution in [-0.2, 0) is 0 Å². The summed E-state index contributed by atoms with van der Waals surface area (Å²) in [5, 5.41) is 0. The second kappa shape index (κ2) is 5.17. The molecule has 4 nitrogen and oxygen atoms in total. The molecule has 2 N–H and O–H groups in total. The second-order valence-corrected chi connectivity index (χ2v) is 6.56. The van der Waals surface area contributed by atoms with Crippen molar-refractivity contribution in [1.82, 2.24) is 4.90 Å². The molecule has 1 aliphatic heterocycles. The first-order chi connectivity index (χ1) is 10.0. The zero-order valence-electron chi connectivity index (χ0n) is 12.6. The van der Waals surface area contributed by atoms with E-state index in [1.807, 2.05) is 0 Å². The van der Waals surface area contributed by atoms with Crippen molar-refractivity contribution >= 4 is 17.5 Å². The first-order valence-corrected chi connectivity index (χ1v) is 7.77. The molecule has 2 aliphatic rings.